The lowest BCUT2D eigenvalue weighted by Gasteiger charge is -2.15. The van der Waals surface area contributed by atoms with E-state index < -0.39 is 0 Å². The summed E-state index contributed by atoms with van der Waals surface area (Å²) in [6.07, 6.45) is 11.8. The van der Waals surface area contributed by atoms with Crippen LogP contribution in [0.1, 0.15) is 35.6 Å². The number of rotatable bonds is 5. The van der Waals surface area contributed by atoms with Gasteiger partial charge < -0.3 is 13.7 Å². The molecule has 0 bridgehead atoms. The Morgan fingerprint density at radius 3 is 3.08 bits per heavy atom. The Morgan fingerprint density at radius 1 is 1.28 bits per heavy atom. The van der Waals surface area contributed by atoms with Crippen molar-refractivity contribution in [2.24, 2.45) is 5.92 Å². The third-order valence-electron chi connectivity index (χ3n) is 4.35. The largest absolute Gasteiger partial charge is 0.418 e. The number of imidazole rings is 1. The van der Waals surface area contributed by atoms with Gasteiger partial charge in [0.25, 0.3) is 0 Å². The maximum absolute atomic E-state index is 5.83. The van der Waals surface area contributed by atoms with E-state index in [1.54, 1.807) is 18.5 Å². The van der Waals surface area contributed by atoms with Crippen LogP contribution < -0.4 is 0 Å². The van der Waals surface area contributed by atoms with E-state index in [-0.39, 0.29) is 6.10 Å². The minimum Gasteiger partial charge on any atom is -0.418 e. The summed E-state index contributed by atoms with van der Waals surface area (Å²) in [5.41, 5.74) is 1.98. The molecule has 1 fully saturated rings. The second-order valence-corrected chi connectivity index (χ2v) is 6.12. The van der Waals surface area contributed by atoms with Crippen molar-refractivity contribution in [3.8, 4) is 0 Å². The molecule has 1 aliphatic rings. The van der Waals surface area contributed by atoms with Gasteiger partial charge in [-0.15, -0.1) is 10.2 Å². The minimum absolute atomic E-state index is 0.173. The number of ether oxygens (including phenoxy) is 1. The molecule has 1 aliphatic heterocycles. The molecule has 25 heavy (non-hydrogen) atoms. The molecule has 3 aromatic rings. The third-order valence-corrected chi connectivity index (χ3v) is 4.35. The zero-order chi connectivity index (χ0) is 17.1. The van der Waals surface area contributed by atoms with Crippen molar-refractivity contribution in [2.75, 3.05) is 6.61 Å². The van der Waals surface area contributed by atoms with Crippen molar-refractivity contribution in [1.82, 2.24) is 24.7 Å². The van der Waals surface area contributed by atoms with Gasteiger partial charge in [0.1, 0.15) is 6.10 Å². The first-order valence-corrected chi connectivity index (χ1v) is 8.30. The van der Waals surface area contributed by atoms with Crippen molar-refractivity contribution in [3.63, 3.8) is 0 Å². The van der Waals surface area contributed by atoms with Crippen LogP contribution in [0.4, 0.5) is 0 Å². The van der Waals surface area contributed by atoms with Crippen LogP contribution in [0.25, 0.3) is 12.2 Å². The van der Waals surface area contributed by atoms with Crippen LogP contribution >= 0.6 is 0 Å². The van der Waals surface area contributed by atoms with Gasteiger partial charge in [0.15, 0.2) is 0 Å². The van der Waals surface area contributed by atoms with Crippen LogP contribution in [0.5, 0.6) is 0 Å². The molecule has 0 N–H and O–H groups in total. The van der Waals surface area contributed by atoms with Gasteiger partial charge in [-0.1, -0.05) is 6.07 Å². The van der Waals surface area contributed by atoms with E-state index in [0.29, 0.717) is 24.3 Å². The molecule has 0 aromatic carbocycles. The summed E-state index contributed by atoms with van der Waals surface area (Å²) in [5.74, 6) is 1.28. The van der Waals surface area contributed by atoms with Gasteiger partial charge in [-0.2, -0.15) is 0 Å². The summed E-state index contributed by atoms with van der Waals surface area (Å²) >= 11 is 0. The lowest BCUT2D eigenvalue weighted by molar-refractivity contribution is 0.0635. The first-order chi connectivity index (χ1) is 12.3. The highest BCUT2D eigenvalue weighted by Crippen LogP contribution is 2.35. The van der Waals surface area contributed by atoms with Crippen molar-refractivity contribution in [3.05, 3.63) is 60.1 Å². The van der Waals surface area contributed by atoms with Gasteiger partial charge in [0, 0.05) is 43.7 Å². The monoisotopic (exact) mass is 337 g/mol. The average Bonchev–Trinajstić information content (AvgIpc) is 3.36. The number of hydrogen-bond acceptors (Lipinski definition) is 6. The van der Waals surface area contributed by atoms with Gasteiger partial charge >= 0.3 is 0 Å². The Balaban J connectivity index is 1.48. The first kappa shape index (κ1) is 15.7. The third kappa shape index (κ3) is 3.51. The summed E-state index contributed by atoms with van der Waals surface area (Å²) < 4.78 is 13.7. The molecule has 0 spiro atoms. The Kier molecular flexibility index (Phi) is 4.39. The second kappa shape index (κ2) is 6.98. The van der Waals surface area contributed by atoms with E-state index in [0.717, 1.165) is 24.2 Å². The molecule has 4 rings (SSSR count). The van der Waals surface area contributed by atoms with E-state index in [2.05, 4.69) is 20.2 Å². The number of hydrogen-bond donors (Lipinski definition) is 0. The van der Waals surface area contributed by atoms with Gasteiger partial charge in [-0.3, -0.25) is 4.98 Å². The van der Waals surface area contributed by atoms with Gasteiger partial charge in [0.2, 0.25) is 11.8 Å². The Hall–Kier alpha value is -2.80. The summed E-state index contributed by atoms with van der Waals surface area (Å²) in [5, 5.41) is 8.28. The predicted molar refractivity (Wildman–Crippen MR) is 91.2 cm³/mol. The lowest BCUT2D eigenvalue weighted by atomic mass is 10.0. The maximum Gasteiger partial charge on any atom is 0.245 e. The highest BCUT2D eigenvalue weighted by molar-refractivity contribution is 5.65. The fourth-order valence-corrected chi connectivity index (χ4v) is 3.01. The smallest absolute Gasteiger partial charge is 0.245 e. The number of aryl methyl sites for hydroxylation is 1. The molecule has 2 atom stereocenters. The normalized spacial score (nSPS) is 20.5. The lowest BCUT2D eigenvalue weighted by Crippen LogP contribution is -2.14. The zero-order valence-corrected chi connectivity index (χ0v) is 13.9. The molecule has 4 heterocycles. The molecular formula is C18H19N5O2. The summed E-state index contributed by atoms with van der Waals surface area (Å²) in [6, 6.07) is 3.92. The maximum atomic E-state index is 5.83. The standard InChI is InChI=1S/C18H19N5O2/c1-13-3-2-7-20-15(13)4-5-16-21-22-18(25-16)17-14(6-10-24-17)11-23-9-8-19-12-23/h2-5,7-9,12,14,17H,6,10-11H2,1H3/b5-4+/t14-,17-/m0/s1. The molecule has 0 saturated carbocycles. The van der Waals surface area contributed by atoms with Gasteiger partial charge in [0.05, 0.1) is 12.0 Å². The summed E-state index contributed by atoms with van der Waals surface area (Å²) in [4.78, 5) is 8.40. The van der Waals surface area contributed by atoms with Gasteiger partial charge in [-0.25, -0.2) is 4.98 Å². The second-order valence-electron chi connectivity index (χ2n) is 6.12. The Labute approximate surface area is 145 Å². The van der Waals surface area contributed by atoms with Crippen molar-refractivity contribution < 1.29 is 9.15 Å². The summed E-state index contributed by atoms with van der Waals surface area (Å²) in [6.45, 7) is 3.54. The number of pyridine rings is 1. The molecule has 0 radical (unpaired) electrons. The van der Waals surface area contributed by atoms with Crippen LogP contribution in [-0.2, 0) is 11.3 Å². The van der Waals surface area contributed by atoms with E-state index >= 15 is 0 Å². The molecule has 1 saturated heterocycles. The number of aromatic nitrogens is 5. The van der Waals surface area contributed by atoms with Crippen LogP contribution in [0, 0.1) is 12.8 Å². The van der Waals surface area contributed by atoms with Crippen molar-refractivity contribution in [2.45, 2.75) is 26.0 Å². The number of nitrogens with zero attached hydrogens (tertiary/aromatic N) is 5. The molecule has 7 heteroatoms. The SMILES string of the molecule is Cc1cccnc1/C=C/c1nnc([C@H]2OCC[C@H]2Cn2ccnc2)o1. The topological polar surface area (TPSA) is 78.9 Å². The minimum atomic E-state index is -0.173. The first-order valence-electron chi connectivity index (χ1n) is 8.30. The van der Waals surface area contributed by atoms with Crippen LogP contribution in [0.2, 0.25) is 0 Å². The molecule has 128 valence electrons. The van der Waals surface area contributed by atoms with E-state index in [9.17, 15) is 0 Å². The highest BCUT2D eigenvalue weighted by Gasteiger charge is 2.34. The van der Waals surface area contributed by atoms with E-state index in [1.807, 2.05) is 42.2 Å². The fourth-order valence-electron chi connectivity index (χ4n) is 3.01. The fraction of sp³-hybridized carbons (Fsp3) is 0.333. The van der Waals surface area contributed by atoms with Crippen LogP contribution in [0.3, 0.4) is 0 Å². The molecule has 0 amide bonds. The van der Waals surface area contributed by atoms with Crippen molar-refractivity contribution >= 4 is 12.2 Å². The zero-order valence-electron chi connectivity index (χ0n) is 13.9. The van der Waals surface area contributed by atoms with Crippen LogP contribution in [-0.4, -0.2) is 31.3 Å². The summed E-state index contributed by atoms with van der Waals surface area (Å²) in [7, 11) is 0. The van der Waals surface area contributed by atoms with E-state index in [4.69, 9.17) is 9.15 Å². The quantitative estimate of drug-likeness (QED) is 0.712. The Morgan fingerprint density at radius 2 is 2.24 bits per heavy atom. The predicted octanol–water partition coefficient (Wildman–Crippen LogP) is 2.92. The molecular weight excluding hydrogens is 318 g/mol. The molecule has 3 aromatic heterocycles. The van der Waals surface area contributed by atoms with Crippen LogP contribution in [0.15, 0.2) is 41.5 Å². The van der Waals surface area contributed by atoms with Crippen molar-refractivity contribution in [1.29, 1.82) is 0 Å². The Bertz CT molecular complexity index is 856. The molecule has 0 unspecified atom stereocenters. The van der Waals surface area contributed by atoms with Gasteiger partial charge in [-0.05, 0) is 31.1 Å². The average molecular weight is 337 g/mol. The highest BCUT2D eigenvalue weighted by atomic mass is 16.5. The van der Waals surface area contributed by atoms with E-state index in [1.165, 1.54) is 0 Å². The molecule has 0 aliphatic carbocycles. The molecule has 7 nitrogen and oxygen atoms in total.